The number of halogens is 1. The molecule has 0 aromatic rings. The monoisotopic (exact) mass is 1300 g/mol. The summed E-state index contributed by atoms with van der Waals surface area (Å²) in [6.45, 7) is 2.01. The zero-order valence-corrected chi connectivity index (χ0v) is 56.4. The van der Waals surface area contributed by atoms with Crippen molar-refractivity contribution in [3.63, 3.8) is 0 Å². The summed E-state index contributed by atoms with van der Waals surface area (Å²) in [5, 5.41) is 97.9. The molecular weight excluding hydrogens is 1180 g/mol. The van der Waals surface area contributed by atoms with Gasteiger partial charge in [0.1, 0.15) is 0 Å². The van der Waals surface area contributed by atoms with E-state index >= 15 is 0 Å². The first-order chi connectivity index (χ1) is 41.4. The average molecular weight is 1300 g/mol. The van der Waals surface area contributed by atoms with Gasteiger partial charge in [0.15, 0.2) is 0 Å². The molecule has 0 aliphatic rings. The van der Waals surface area contributed by atoms with Crippen LogP contribution in [-0.4, -0.2) is 122 Å². The van der Waals surface area contributed by atoms with Crippen molar-refractivity contribution in [3.8, 4) is 0 Å². The molecule has 0 aromatic carbocycles. The second kappa shape index (κ2) is 94.5. The second-order valence-corrected chi connectivity index (χ2v) is 21.3. The summed E-state index contributed by atoms with van der Waals surface area (Å²) in [6.07, 6.45) is 52.8. The molecule has 0 amide bonds. The molecule has 0 aliphatic carbocycles. The molecule has 0 bridgehead atoms. The molecule has 0 saturated heterocycles. The molecule has 0 radical (unpaired) electrons. The Balaban J connectivity index is -0.000000131. The van der Waals surface area contributed by atoms with Crippen molar-refractivity contribution in [1.29, 1.82) is 0 Å². The van der Waals surface area contributed by atoms with Crippen LogP contribution < -0.4 is 34.2 Å². The average Bonchev–Trinajstić information content (AvgIpc) is 3.46. The summed E-state index contributed by atoms with van der Waals surface area (Å²) < 4.78 is 7.72. The van der Waals surface area contributed by atoms with Gasteiger partial charge in [-0.05, 0) is 109 Å². The van der Waals surface area contributed by atoms with Crippen LogP contribution in [0.2, 0.25) is 0 Å². The van der Waals surface area contributed by atoms with Gasteiger partial charge in [-0.2, -0.15) is 0 Å². The fourth-order valence-electron chi connectivity index (χ4n) is 8.51. The van der Waals surface area contributed by atoms with Crippen molar-refractivity contribution in [1.82, 2.24) is 0 Å². The molecule has 88 heavy (non-hydrogen) atoms. The minimum Gasteiger partial charge on any atom is -0.769 e. The maximum Gasteiger partial charge on any atom is 1.00 e. The third-order valence-electron chi connectivity index (χ3n) is 13.3. The second-order valence-electron chi connectivity index (χ2n) is 21.3. The first kappa shape index (κ1) is 103. The van der Waals surface area contributed by atoms with Gasteiger partial charge >= 0.3 is 71.3 Å². The number of carboxylic acid groups (broad SMARTS) is 8. The van der Waals surface area contributed by atoms with Crippen molar-refractivity contribution in [2.75, 3.05) is 0 Å². The number of carboxylic acids is 7. The Labute approximate surface area is 556 Å². The summed E-state index contributed by atoms with van der Waals surface area (Å²) >= 11 is 3.39. The number of allylic oxidation sites excluding steroid dienone is 4. The van der Waals surface area contributed by atoms with Crippen LogP contribution in [0.4, 0.5) is 0 Å². The molecule has 0 spiro atoms. The van der Waals surface area contributed by atoms with Gasteiger partial charge in [-0.1, -0.05) is 199 Å². The van der Waals surface area contributed by atoms with Crippen molar-refractivity contribution < 1.29 is 134 Å². The van der Waals surface area contributed by atoms with E-state index in [4.69, 9.17) is 60.8 Å². The Morgan fingerprint density at radius 2 is 0.455 bits per heavy atom. The van der Waals surface area contributed by atoms with E-state index < -0.39 is 54.0 Å². The van der Waals surface area contributed by atoms with E-state index in [1.807, 2.05) is 0 Å². The Kier molecular flexibility index (Phi) is 111. The van der Waals surface area contributed by atoms with Crippen LogP contribution in [0.1, 0.15) is 329 Å². The van der Waals surface area contributed by atoms with E-state index in [1.165, 1.54) is 96.3 Å². The first-order valence-corrected chi connectivity index (χ1v) is 32.3. The molecule has 12 N–H and O–H groups in total. The molecule has 0 fully saturated rings. The van der Waals surface area contributed by atoms with Crippen LogP contribution in [0.15, 0.2) is 24.3 Å². The topological polar surface area (TPSA) is 402 Å². The SMILES string of the molecule is C.CCCCCCCC/C=C\CCCCCCCC(=O)O.O=C(O)CCCCCCC/C=C\CCCCCCCC(=O)O.O=C(O)CCCCCCCC(=O)O.O=C(O)CCCCCCCC(O)C(O)CCCCCCCC(=O)O.O=CO.OO.[Na+].[O-]Cl. The number of unbranched alkanes of at least 4 members (excludes halogenated alkanes) is 33. The Bertz CT molecular complexity index is 1460. The van der Waals surface area contributed by atoms with Gasteiger partial charge in [-0.15, -0.1) is 0 Å². The van der Waals surface area contributed by atoms with Crippen LogP contribution in [-0.2, 0) is 38.4 Å². The van der Waals surface area contributed by atoms with Gasteiger partial charge in [0.25, 0.3) is 6.47 Å². The van der Waals surface area contributed by atoms with E-state index in [1.54, 1.807) is 0 Å². The summed E-state index contributed by atoms with van der Waals surface area (Å²) in [7, 11) is 0. The minimum atomic E-state index is -0.759. The number of aliphatic hydroxyl groups excluding tert-OH is 2. The fraction of sp³-hybridized carbons (Fsp3) is 0.815. The van der Waals surface area contributed by atoms with Gasteiger partial charge in [-0.25, -0.2) is 11.9 Å². The summed E-state index contributed by atoms with van der Waals surface area (Å²) in [5.41, 5.74) is 0. The van der Waals surface area contributed by atoms with Crippen LogP contribution in [0.5, 0.6) is 0 Å². The number of aliphatic carboxylic acids is 7. The third-order valence-corrected chi connectivity index (χ3v) is 13.3. The molecule has 0 heterocycles. The molecule has 2 unspecified atom stereocenters. The Hall–Kier alpha value is -3.67. The largest absolute Gasteiger partial charge is 1.00 e. The first-order valence-electron chi connectivity index (χ1n) is 32.0. The Morgan fingerprint density at radius 1 is 0.318 bits per heavy atom. The predicted octanol–water partition coefficient (Wildman–Crippen LogP) is 13.4. The van der Waals surface area contributed by atoms with Crippen LogP contribution in [0.3, 0.4) is 0 Å². The van der Waals surface area contributed by atoms with E-state index in [-0.39, 0.29) is 69.1 Å². The maximum absolute atomic E-state index is 10.4. The van der Waals surface area contributed by atoms with E-state index in [0.717, 1.165) is 135 Å². The number of aliphatic hydroxyl groups is 2. The number of rotatable bonds is 56. The van der Waals surface area contributed by atoms with Gasteiger partial charge in [0.05, 0.1) is 12.2 Å². The van der Waals surface area contributed by atoms with E-state index in [2.05, 4.69) is 43.1 Å². The van der Waals surface area contributed by atoms with Crippen molar-refractivity contribution >= 4 is 60.1 Å². The molecule has 0 aromatic heterocycles. The molecule has 21 nitrogen and oxygen atoms in total. The quantitative estimate of drug-likeness (QED) is 0.00672. The third kappa shape index (κ3) is 124. The smallest absolute Gasteiger partial charge is 0.769 e. The number of carbonyl (C=O) groups is 8. The number of hydrogen-bond acceptors (Lipinski definition) is 13. The van der Waals surface area contributed by atoms with Crippen LogP contribution in [0, 0.1) is 0 Å². The predicted molar refractivity (Wildman–Crippen MR) is 342 cm³/mol. The van der Waals surface area contributed by atoms with Gasteiger partial charge in [0.2, 0.25) is 0 Å². The number of hydrogen-bond donors (Lipinski definition) is 12. The molecule has 0 rings (SSSR count). The summed E-state index contributed by atoms with van der Waals surface area (Å²) in [4.78, 5) is 80.2. The molecular formula is C65H124ClNaO21. The maximum atomic E-state index is 10.4. The Morgan fingerprint density at radius 3 is 0.614 bits per heavy atom. The zero-order chi connectivity index (χ0) is 66.4. The zero-order valence-electron chi connectivity index (χ0n) is 53.6. The van der Waals surface area contributed by atoms with Crippen LogP contribution in [0.25, 0.3) is 0 Å². The van der Waals surface area contributed by atoms with Gasteiger partial charge in [0, 0.05) is 44.9 Å². The minimum absolute atomic E-state index is 0. The van der Waals surface area contributed by atoms with Gasteiger partial charge < -0.3 is 55.7 Å². The molecule has 23 heteroatoms. The standard InChI is InChI=1S/C18H34O6.C18H32O4.C18H34O2.C9H16O4.CH2O2.CH4.ClO.Na.H2O2/c19-15(11-7-3-1-5-9-13-17(21)22)16(20)12-8-4-2-6-10-14-18(23)24;19-17(20)15-13-11-9-7-5-3-1-2-4-6-8-10-12-14-16-18(21)22;1-2-3-4-5-6-7-8-9-10-11-12-13-14-15-16-17-18(19)20;10-8(11)6-4-2-1-3-5-7-9(12)13;2-1-3;;1-2;;1-2/h15-16,19-20H,1-14H2,(H,21,22)(H,23,24);1-2H,3-16H2,(H,19,20)(H,21,22);9-10H,2-8,11-17H2,1H3,(H,19,20);1-7H2,(H,10,11)(H,12,13);1H,(H,2,3);1H4;;;1-2H/q;;;;;;-1;+1;/b;2-1-;10-9-;;;;;;. The fourth-order valence-corrected chi connectivity index (χ4v) is 8.51. The van der Waals surface area contributed by atoms with Crippen molar-refractivity contribution in [2.45, 2.75) is 341 Å². The summed E-state index contributed by atoms with van der Waals surface area (Å²) in [5.74, 6) is -5.07. The van der Waals surface area contributed by atoms with E-state index in [9.17, 15) is 43.8 Å². The molecule has 0 aliphatic heterocycles. The van der Waals surface area contributed by atoms with E-state index in [0.29, 0.717) is 57.8 Å². The van der Waals surface area contributed by atoms with Crippen molar-refractivity contribution in [2.24, 2.45) is 0 Å². The van der Waals surface area contributed by atoms with Crippen molar-refractivity contribution in [3.05, 3.63) is 24.3 Å². The molecule has 0 saturated carbocycles. The normalized spacial score (nSPS) is 10.8. The van der Waals surface area contributed by atoms with Crippen LogP contribution >= 0.6 is 11.9 Å². The van der Waals surface area contributed by atoms with Gasteiger partial charge in [-0.3, -0.25) is 48.9 Å². The summed E-state index contributed by atoms with van der Waals surface area (Å²) in [6, 6.07) is 0. The molecule has 2 atom stereocenters. The molecule has 518 valence electrons.